The van der Waals surface area contributed by atoms with Crippen LogP contribution < -0.4 is 0 Å². The molecule has 0 aromatic carbocycles. The van der Waals surface area contributed by atoms with Crippen LogP contribution in [-0.4, -0.2) is 9.32 Å². The first-order chi connectivity index (χ1) is 3.80. The van der Waals surface area contributed by atoms with E-state index in [0.29, 0.717) is 0 Å². The highest BCUT2D eigenvalue weighted by atomic mass is 31.1. The minimum absolute atomic E-state index is 1.01. The van der Waals surface area contributed by atoms with Gasteiger partial charge in [-0.3, -0.25) is 0 Å². The Morgan fingerprint density at radius 1 is 1.50 bits per heavy atom. The Bertz CT molecular complexity index is 217. The summed E-state index contributed by atoms with van der Waals surface area (Å²) < 4.78 is 21.1. The van der Waals surface area contributed by atoms with Crippen molar-refractivity contribution < 1.29 is 9.13 Å². The van der Waals surface area contributed by atoms with Gasteiger partial charge in [0.1, 0.15) is 6.33 Å². The molecule has 0 saturated heterocycles. The Kier molecular flexibility index (Phi) is 1.26. The van der Waals surface area contributed by atoms with Gasteiger partial charge in [-0.25, -0.2) is 18.5 Å². The third-order valence-electron chi connectivity index (χ3n) is 0.679. The Hall–Kier alpha value is -0.890. The topological polar surface area (TPSA) is 52.0 Å². The first kappa shape index (κ1) is 5.25. The molecular weight excluding hydrogens is 127 g/mol. The molecule has 1 aromatic rings. The van der Waals surface area contributed by atoms with Crippen LogP contribution in [0.5, 0.6) is 0 Å². The zero-order valence-corrected chi connectivity index (χ0v) is 4.78. The number of hydrogen-bond donors (Lipinski definition) is 0. The molecule has 5 heteroatoms. The van der Waals surface area contributed by atoms with E-state index in [4.69, 9.17) is 0 Å². The van der Waals surface area contributed by atoms with E-state index in [9.17, 15) is 9.13 Å². The maximum Gasteiger partial charge on any atom is 0.431 e. The average Bonchev–Trinajstić information content (AvgIpc) is 2.12. The van der Waals surface area contributed by atoms with E-state index < -0.39 is 7.83 Å². The van der Waals surface area contributed by atoms with Crippen molar-refractivity contribution in [3.8, 4) is 0 Å². The summed E-state index contributed by atoms with van der Waals surface area (Å²) in [6.45, 7) is 0. The van der Waals surface area contributed by atoms with Crippen LogP contribution >= 0.6 is 7.83 Å². The first-order valence-corrected chi connectivity index (χ1v) is 3.06. The molecule has 1 aromatic heterocycles. The predicted octanol–water partition coefficient (Wildman–Crippen LogP) is 0.819. The molecule has 0 atom stereocenters. The Morgan fingerprint density at radius 3 is 2.50 bits per heavy atom. The summed E-state index contributed by atoms with van der Waals surface area (Å²) in [5.41, 5.74) is 0. The van der Waals surface area contributed by atoms with Crippen LogP contribution in [0.15, 0.2) is 18.7 Å². The first-order valence-electron chi connectivity index (χ1n) is 1.93. The fraction of sp³-hybridized carbons (Fsp3) is 0. The van der Waals surface area contributed by atoms with Crippen LogP contribution in [0.2, 0.25) is 0 Å². The van der Waals surface area contributed by atoms with Gasteiger partial charge in [-0.1, -0.05) is 0 Å². The molecule has 1 heterocycles. The number of aromatic nitrogens is 2. The lowest BCUT2D eigenvalue weighted by Gasteiger charge is -1.75. The SMILES string of the molecule is O=P(=O)n1ccnc1. The van der Waals surface area contributed by atoms with Crippen LogP contribution in [0.3, 0.4) is 0 Å². The molecule has 0 unspecified atom stereocenters. The number of rotatable bonds is 1. The second-order valence-corrected chi connectivity index (χ2v) is 2.12. The largest absolute Gasteiger partial charge is 0.431 e. The molecule has 0 aliphatic heterocycles. The molecule has 0 fully saturated rings. The van der Waals surface area contributed by atoms with Gasteiger partial charge in [0.15, 0.2) is 0 Å². The normalized spacial score (nSPS) is 9.00. The highest BCUT2D eigenvalue weighted by Crippen LogP contribution is 2.05. The summed E-state index contributed by atoms with van der Waals surface area (Å²) in [7, 11) is -2.50. The maximum atomic E-state index is 10.0. The van der Waals surface area contributed by atoms with Gasteiger partial charge in [-0.15, -0.1) is 0 Å². The van der Waals surface area contributed by atoms with Gasteiger partial charge in [0, 0.05) is 12.4 Å². The van der Waals surface area contributed by atoms with Gasteiger partial charge in [0.25, 0.3) is 0 Å². The van der Waals surface area contributed by atoms with Crippen molar-refractivity contribution in [2.75, 3.05) is 0 Å². The van der Waals surface area contributed by atoms with Gasteiger partial charge in [0.05, 0.1) is 0 Å². The van der Waals surface area contributed by atoms with Crippen molar-refractivity contribution in [1.29, 1.82) is 0 Å². The highest BCUT2D eigenvalue weighted by Gasteiger charge is 1.88. The van der Waals surface area contributed by atoms with Gasteiger partial charge in [-0.2, -0.15) is 0 Å². The molecule has 0 bridgehead atoms. The molecule has 8 heavy (non-hydrogen) atoms. The second kappa shape index (κ2) is 1.92. The number of nitrogens with zero attached hydrogens (tertiary/aromatic N) is 2. The van der Waals surface area contributed by atoms with E-state index >= 15 is 0 Å². The molecule has 0 amide bonds. The molecule has 1 rings (SSSR count). The number of hydrogen-bond acceptors (Lipinski definition) is 3. The lowest BCUT2D eigenvalue weighted by molar-refractivity contribution is 0.508. The van der Waals surface area contributed by atoms with Crippen LogP contribution in [-0.2, 0) is 9.13 Å². The fourth-order valence-electron chi connectivity index (χ4n) is 0.349. The van der Waals surface area contributed by atoms with E-state index in [1.807, 2.05) is 0 Å². The third-order valence-corrected chi connectivity index (χ3v) is 1.29. The third kappa shape index (κ3) is 0.845. The summed E-state index contributed by atoms with van der Waals surface area (Å²) in [5, 5.41) is 0. The molecular formula is C3H3N2O2P. The minimum atomic E-state index is -2.50. The predicted molar refractivity (Wildman–Crippen MR) is 25.9 cm³/mol. The van der Waals surface area contributed by atoms with Crippen molar-refractivity contribution in [2.24, 2.45) is 0 Å². The van der Waals surface area contributed by atoms with Crippen molar-refractivity contribution in [1.82, 2.24) is 9.32 Å². The van der Waals surface area contributed by atoms with E-state index in [0.717, 1.165) is 4.34 Å². The van der Waals surface area contributed by atoms with Crippen molar-refractivity contribution in [3.63, 3.8) is 0 Å². The lowest BCUT2D eigenvalue weighted by atomic mass is 11.0. The minimum Gasteiger partial charge on any atom is -0.244 e. The smallest absolute Gasteiger partial charge is 0.244 e. The fourth-order valence-corrected chi connectivity index (χ4v) is 0.661. The summed E-state index contributed by atoms with van der Waals surface area (Å²) >= 11 is 0. The van der Waals surface area contributed by atoms with E-state index in [2.05, 4.69) is 4.98 Å². The van der Waals surface area contributed by atoms with E-state index in [1.54, 1.807) is 0 Å². The van der Waals surface area contributed by atoms with Crippen molar-refractivity contribution in [2.45, 2.75) is 0 Å². The van der Waals surface area contributed by atoms with Crippen LogP contribution in [0, 0.1) is 0 Å². The summed E-state index contributed by atoms with van der Waals surface area (Å²) in [4.78, 5) is 3.52. The number of imidazole rings is 1. The summed E-state index contributed by atoms with van der Waals surface area (Å²) in [5.74, 6) is 0. The zero-order chi connectivity index (χ0) is 5.98. The molecule has 42 valence electrons. The molecule has 4 nitrogen and oxygen atoms in total. The van der Waals surface area contributed by atoms with Crippen LogP contribution in [0.25, 0.3) is 0 Å². The van der Waals surface area contributed by atoms with E-state index in [1.165, 1.54) is 18.7 Å². The molecule has 0 radical (unpaired) electrons. The lowest BCUT2D eigenvalue weighted by Crippen LogP contribution is -1.70. The van der Waals surface area contributed by atoms with Crippen molar-refractivity contribution >= 4 is 7.83 Å². The maximum absolute atomic E-state index is 10.0. The highest BCUT2D eigenvalue weighted by molar-refractivity contribution is 7.28. The van der Waals surface area contributed by atoms with Gasteiger partial charge < -0.3 is 0 Å². The Morgan fingerprint density at radius 2 is 2.25 bits per heavy atom. The summed E-state index contributed by atoms with van der Waals surface area (Å²) in [6, 6.07) is 0. The summed E-state index contributed by atoms with van der Waals surface area (Å²) in [6.07, 6.45) is 4.00. The molecule has 0 aliphatic carbocycles. The molecule has 0 saturated carbocycles. The molecule has 0 spiro atoms. The standard InChI is InChI=1S/C3H3N2O2P/c6-8(7)5-2-1-4-3-5/h1-3H. The van der Waals surface area contributed by atoms with Crippen LogP contribution in [0.4, 0.5) is 0 Å². The molecule has 0 aliphatic rings. The monoisotopic (exact) mass is 130 g/mol. The average molecular weight is 130 g/mol. The quantitative estimate of drug-likeness (QED) is 0.528. The Balaban J connectivity index is 3.11. The van der Waals surface area contributed by atoms with Gasteiger partial charge in [0.2, 0.25) is 0 Å². The Labute approximate surface area is 46.0 Å². The van der Waals surface area contributed by atoms with Gasteiger partial charge >= 0.3 is 7.83 Å². The second-order valence-electron chi connectivity index (χ2n) is 1.18. The zero-order valence-electron chi connectivity index (χ0n) is 3.89. The molecule has 0 N–H and O–H groups in total. The van der Waals surface area contributed by atoms with Crippen molar-refractivity contribution in [3.05, 3.63) is 18.7 Å². The van der Waals surface area contributed by atoms with Crippen LogP contribution in [0.1, 0.15) is 0 Å². The van der Waals surface area contributed by atoms with Gasteiger partial charge in [-0.05, 0) is 0 Å². The van der Waals surface area contributed by atoms with E-state index in [-0.39, 0.29) is 0 Å².